The van der Waals surface area contributed by atoms with Crippen LogP contribution in [0.15, 0.2) is 46.2 Å². The third-order valence-corrected chi connectivity index (χ3v) is 6.87. The Morgan fingerprint density at radius 1 is 0.710 bits per heavy atom. The van der Waals surface area contributed by atoms with Crippen LogP contribution in [0.2, 0.25) is 0 Å². The van der Waals surface area contributed by atoms with E-state index in [4.69, 9.17) is 0 Å². The number of hydrogen-bond acceptors (Lipinski definition) is 8. The fourth-order valence-corrected chi connectivity index (χ4v) is 4.73. The third-order valence-electron chi connectivity index (χ3n) is 5.12. The van der Waals surface area contributed by atoms with Crippen molar-refractivity contribution in [2.24, 2.45) is 0 Å². The van der Waals surface area contributed by atoms with Crippen molar-refractivity contribution in [2.75, 3.05) is 36.0 Å². The zero-order valence-electron chi connectivity index (χ0n) is 17.9. The summed E-state index contributed by atoms with van der Waals surface area (Å²) in [5.74, 6) is 0. The molecule has 0 aromatic heterocycles. The number of nitro benzene ring substituents is 2. The van der Waals surface area contributed by atoms with E-state index >= 15 is 0 Å². The molecule has 10 nitrogen and oxygen atoms in total. The van der Waals surface area contributed by atoms with Crippen LogP contribution in [0.4, 0.5) is 22.7 Å². The van der Waals surface area contributed by atoms with Crippen LogP contribution < -0.4 is 9.80 Å². The van der Waals surface area contributed by atoms with Crippen LogP contribution in [0.5, 0.6) is 0 Å². The van der Waals surface area contributed by atoms with Gasteiger partial charge in [-0.05, 0) is 52.0 Å². The Morgan fingerprint density at radius 3 is 1.29 bits per heavy atom. The number of sulfone groups is 1. The van der Waals surface area contributed by atoms with Crippen LogP contribution in [0, 0.1) is 20.2 Å². The molecule has 0 heterocycles. The highest BCUT2D eigenvalue weighted by Crippen LogP contribution is 2.36. The molecule has 0 N–H and O–H groups in total. The monoisotopic (exact) mass is 450 g/mol. The molecule has 0 aliphatic heterocycles. The molecule has 31 heavy (non-hydrogen) atoms. The van der Waals surface area contributed by atoms with Crippen molar-refractivity contribution in [3.8, 4) is 0 Å². The second-order valence-corrected chi connectivity index (χ2v) is 8.61. The molecule has 11 heteroatoms. The maximum Gasteiger partial charge on any atom is 0.293 e. The number of hydrogen-bond donors (Lipinski definition) is 0. The quantitative estimate of drug-likeness (QED) is 0.392. The molecule has 0 unspecified atom stereocenters. The highest BCUT2D eigenvalue weighted by molar-refractivity contribution is 7.91. The van der Waals surface area contributed by atoms with Gasteiger partial charge >= 0.3 is 0 Å². The average Bonchev–Trinajstić information content (AvgIpc) is 2.75. The topological polar surface area (TPSA) is 127 Å². The molecule has 0 saturated carbocycles. The first-order valence-electron chi connectivity index (χ1n) is 9.94. The van der Waals surface area contributed by atoms with Crippen LogP contribution in [0.1, 0.15) is 27.7 Å². The normalized spacial score (nSPS) is 11.2. The van der Waals surface area contributed by atoms with Crippen molar-refractivity contribution < 1.29 is 18.3 Å². The van der Waals surface area contributed by atoms with Crippen LogP contribution >= 0.6 is 0 Å². The third kappa shape index (κ3) is 4.76. The molecular formula is C20H26N4O6S. The van der Waals surface area contributed by atoms with E-state index in [2.05, 4.69) is 0 Å². The van der Waals surface area contributed by atoms with Gasteiger partial charge in [0.2, 0.25) is 9.84 Å². The maximum atomic E-state index is 13.2. The average molecular weight is 451 g/mol. The van der Waals surface area contributed by atoms with E-state index in [1.54, 1.807) is 9.80 Å². The summed E-state index contributed by atoms with van der Waals surface area (Å²) in [5.41, 5.74) is -0.0355. The second-order valence-electron chi connectivity index (χ2n) is 6.66. The summed E-state index contributed by atoms with van der Waals surface area (Å²) in [6.45, 7) is 9.43. The Balaban J connectivity index is 2.64. The van der Waals surface area contributed by atoms with E-state index in [0.29, 0.717) is 37.6 Å². The van der Waals surface area contributed by atoms with Crippen LogP contribution in [0.25, 0.3) is 0 Å². The van der Waals surface area contributed by atoms with Gasteiger partial charge in [-0.1, -0.05) is 0 Å². The Kier molecular flexibility index (Phi) is 7.55. The highest BCUT2D eigenvalue weighted by Gasteiger charge is 2.28. The Morgan fingerprint density at radius 2 is 1.03 bits per heavy atom. The lowest BCUT2D eigenvalue weighted by atomic mass is 10.2. The fraction of sp³-hybridized carbons (Fsp3) is 0.400. The van der Waals surface area contributed by atoms with E-state index < -0.39 is 19.7 Å². The first-order chi connectivity index (χ1) is 14.6. The van der Waals surface area contributed by atoms with E-state index in [9.17, 15) is 28.6 Å². The number of anilines is 2. The van der Waals surface area contributed by atoms with Gasteiger partial charge in [-0.15, -0.1) is 0 Å². The van der Waals surface area contributed by atoms with Crippen molar-refractivity contribution in [1.82, 2.24) is 0 Å². The zero-order chi connectivity index (χ0) is 23.3. The standard InChI is InChI=1S/C20H26N4O6S/c1-5-21(6-2)17-11-9-15(13-19(17)23(25)26)31(29,30)16-10-12-18(22(7-3)8-4)20(14-16)24(27)28/h9-14H,5-8H2,1-4H3. The highest BCUT2D eigenvalue weighted by atomic mass is 32.2. The summed E-state index contributed by atoms with van der Waals surface area (Å²) in [7, 11) is -4.21. The summed E-state index contributed by atoms with van der Waals surface area (Å²) in [6.07, 6.45) is 0. The van der Waals surface area contributed by atoms with E-state index in [1.165, 1.54) is 24.3 Å². The first-order valence-corrected chi connectivity index (χ1v) is 11.4. The Bertz CT molecular complexity index is 1000. The molecule has 0 radical (unpaired) electrons. The molecule has 0 saturated heterocycles. The second kappa shape index (κ2) is 9.73. The lowest BCUT2D eigenvalue weighted by Gasteiger charge is -2.21. The predicted octanol–water partition coefficient (Wildman–Crippen LogP) is 4.03. The van der Waals surface area contributed by atoms with Gasteiger partial charge in [0, 0.05) is 38.3 Å². The first kappa shape index (κ1) is 24.1. The smallest absolute Gasteiger partial charge is 0.293 e. The van der Waals surface area contributed by atoms with Crippen LogP contribution in [0.3, 0.4) is 0 Å². The van der Waals surface area contributed by atoms with Crippen molar-refractivity contribution in [3.63, 3.8) is 0 Å². The molecule has 2 aromatic carbocycles. The van der Waals surface area contributed by atoms with Gasteiger partial charge in [0.25, 0.3) is 11.4 Å². The number of benzene rings is 2. The van der Waals surface area contributed by atoms with Gasteiger partial charge in [-0.25, -0.2) is 8.42 Å². The molecule has 0 aliphatic carbocycles. The Hall–Kier alpha value is -3.21. The van der Waals surface area contributed by atoms with Gasteiger partial charge in [0.15, 0.2) is 0 Å². The zero-order valence-corrected chi connectivity index (χ0v) is 18.8. The minimum absolute atomic E-state index is 0.292. The van der Waals surface area contributed by atoms with E-state index in [-0.39, 0.29) is 21.2 Å². The molecular weight excluding hydrogens is 424 g/mol. The van der Waals surface area contributed by atoms with E-state index in [1.807, 2.05) is 27.7 Å². The molecule has 2 rings (SSSR count). The van der Waals surface area contributed by atoms with Crippen LogP contribution in [-0.4, -0.2) is 44.4 Å². The maximum absolute atomic E-state index is 13.2. The summed E-state index contributed by atoms with van der Waals surface area (Å²) in [4.78, 5) is 24.8. The Labute approximate surface area is 181 Å². The lowest BCUT2D eigenvalue weighted by Crippen LogP contribution is -2.23. The fourth-order valence-electron chi connectivity index (χ4n) is 3.43. The molecule has 0 fully saturated rings. The lowest BCUT2D eigenvalue weighted by molar-refractivity contribution is -0.384. The van der Waals surface area contributed by atoms with Crippen molar-refractivity contribution >= 4 is 32.6 Å². The van der Waals surface area contributed by atoms with Crippen molar-refractivity contribution in [3.05, 3.63) is 56.6 Å². The minimum atomic E-state index is -4.21. The van der Waals surface area contributed by atoms with Gasteiger partial charge in [0.1, 0.15) is 11.4 Å². The van der Waals surface area contributed by atoms with Gasteiger partial charge < -0.3 is 9.80 Å². The van der Waals surface area contributed by atoms with Gasteiger partial charge in [-0.3, -0.25) is 20.2 Å². The van der Waals surface area contributed by atoms with E-state index in [0.717, 1.165) is 12.1 Å². The molecule has 2 aromatic rings. The largest absolute Gasteiger partial charge is 0.367 e. The number of nitro groups is 2. The van der Waals surface area contributed by atoms with Gasteiger partial charge in [-0.2, -0.15) is 0 Å². The van der Waals surface area contributed by atoms with Crippen molar-refractivity contribution in [1.29, 1.82) is 0 Å². The molecule has 168 valence electrons. The summed E-state index contributed by atoms with van der Waals surface area (Å²) >= 11 is 0. The summed E-state index contributed by atoms with van der Waals surface area (Å²) < 4.78 is 26.3. The molecule has 0 bridgehead atoms. The number of rotatable bonds is 10. The summed E-state index contributed by atoms with van der Waals surface area (Å²) in [5, 5.41) is 23.2. The number of nitrogens with zero attached hydrogens (tertiary/aromatic N) is 4. The van der Waals surface area contributed by atoms with Crippen LogP contribution in [-0.2, 0) is 9.84 Å². The summed E-state index contributed by atoms with van der Waals surface area (Å²) in [6, 6.07) is 7.40. The molecule has 0 atom stereocenters. The SMILES string of the molecule is CCN(CC)c1ccc(S(=O)(=O)c2ccc(N(CC)CC)c([N+](=O)[O-])c2)cc1[N+](=O)[O-]. The van der Waals surface area contributed by atoms with Gasteiger partial charge in [0.05, 0.1) is 19.6 Å². The molecule has 0 aliphatic rings. The molecule has 0 amide bonds. The van der Waals surface area contributed by atoms with Crippen molar-refractivity contribution in [2.45, 2.75) is 37.5 Å². The minimum Gasteiger partial charge on any atom is -0.367 e. The predicted molar refractivity (Wildman–Crippen MR) is 119 cm³/mol. The molecule has 0 spiro atoms.